The van der Waals surface area contributed by atoms with Crippen molar-refractivity contribution in [2.24, 2.45) is 0 Å². The molecule has 0 amide bonds. The van der Waals surface area contributed by atoms with E-state index in [2.05, 4.69) is 15.9 Å². The van der Waals surface area contributed by atoms with Crippen molar-refractivity contribution in [3.8, 4) is 0 Å². The zero-order chi connectivity index (χ0) is 29.6. The molecule has 3 aromatic rings. The molecule has 7 nitrogen and oxygen atoms in total. The van der Waals surface area contributed by atoms with E-state index in [1.54, 1.807) is 27.7 Å². The number of esters is 1. The lowest BCUT2D eigenvalue weighted by molar-refractivity contribution is -0.164. The van der Waals surface area contributed by atoms with Gasteiger partial charge in [0.15, 0.2) is 0 Å². The van der Waals surface area contributed by atoms with E-state index in [-0.39, 0.29) is 32.2 Å². The van der Waals surface area contributed by atoms with Gasteiger partial charge >= 0.3 is 11.7 Å². The molecule has 0 bridgehead atoms. The molecule has 0 saturated heterocycles. The Labute approximate surface area is 244 Å². The fourth-order valence-corrected chi connectivity index (χ4v) is 6.60. The summed E-state index contributed by atoms with van der Waals surface area (Å²) in [6.07, 6.45) is -1.16. The number of aryl methyl sites for hydroxylation is 1. The first kappa shape index (κ1) is 30.6. The van der Waals surface area contributed by atoms with Gasteiger partial charge < -0.3 is 9.47 Å². The molecule has 4 rings (SSSR count). The second-order valence-electron chi connectivity index (χ2n) is 11.9. The van der Waals surface area contributed by atoms with E-state index in [1.807, 2.05) is 30.3 Å². The molecule has 0 spiro atoms. The van der Waals surface area contributed by atoms with Crippen molar-refractivity contribution in [1.82, 2.24) is 9.13 Å². The van der Waals surface area contributed by atoms with Crippen LogP contribution in [-0.4, -0.2) is 32.7 Å². The standard InChI is InChI=1S/C29H35BrF2N2O5S/c1-17-21-23(35)34(28(5,6)25(36)39-27(2,3)4)26(37)33(24(21)40-22(17)30)16-20(18-10-8-7-9-11-18)38-19-12-14-29(31,32)15-13-19/h7-11,19-20H,12-16H2,1-6H3/t20-/m0/s1. The van der Waals surface area contributed by atoms with Crippen LogP contribution in [0.2, 0.25) is 0 Å². The first-order valence-electron chi connectivity index (χ1n) is 13.3. The van der Waals surface area contributed by atoms with Crippen LogP contribution in [0.5, 0.6) is 0 Å². The summed E-state index contributed by atoms with van der Waals surface area (Å²) >= 11 is 4.76. The van der Waals surface area contributed by atoms with Gasteiger partial charge in [-0.25, -0.2) is 22.9 Å². The number of halogens is 3. The van der Waals surface area contributed by atoms with Gasteiger partial charge in [0.2, 0.25) is 5.92 Å². The molecule has 1 saturated carbocycles. The van der Waals surface area contributed by atoms with Crippen molar-refractivity contribution in [1.29, 1.82) is 0 Å². The van der Waals surface area contributed by atoms with Gasteiger partial charge in [-0.1, -0.05) is 30.3 Å². The van der Waals surface area contributed by atoms with Crippen LogP contribution in [0.3, 0.4) is 0 Å². The van der Waals surface area contributed by atoms with Crippen molar-refractivity contribution in [2.75, 3.05) is 0 Å². The lowest BCUT2D eigenvalue weighted by Gasteiger charge is -2.32. The second-order valence-corrected chi connectivity index (χ2v) is 14.2. The van der Waals surface area contributed by atoms with Crippen LogP contribution in [0, 0.1) is 6.92 Å². The van der Waals surface area contributed by atoms with Crippen LogP contribution < -0.4 is 11.2 Å². The number of thiophene rings is 1. The number of carbonyl (C=O) groups is 1. The topological polar surface area (TPSA) is 79.5 Å². The molecule has 1 aliphatic rings. The smallest absolute Gasteiger partial charge is 0.333 e. The minimum Gasteiger partial charge on any atom is -0.458 e. The van der Waals surface area contributed by atoms with Crippen molar-refractivity contribution in [3.63, 3.8) is 0 Å². The van der Waals surface area contributed by atoms with Crippen LogP contribution in [-0.2, 0) is 26.4 Å². The predicted molar refractivity (Wildman–Crippen MR) is 155 cm³/mol. The second kappa shape index (κ2) is 11.1. The Bertz CT molecular complexity index is 1510. The maximum Gasteiger partial charge on any atom is 0.333 e. The number of nitrogens with zero attached hydrogens (tertiary/aromatic N) is 2. The number of ether oxygens (including phenoxy) is 2. The summed E-state index contributed by atoms with van der Waals surface area (Å²) in [5.74, 6) is -3.41. The molecule has 11 heteroatoms. The van der Waals surface area contributed by atoms with E-state index in [9.17, 15) is 23.2 Å². The van der Waals surface area contributed by atoms with Gasteiger partial charge in [-0.15, -0.1) is 11.3 Å². The quantitative estimate of drug-likeness (QED) is 0.268. The Balaban J connectivity index is 1.86. The Morgan fingerprint density at radius 2 is 1.73 bits per heavy atom. The molecule has 0 unspecified atom stereocenters. The highest BCUT2D eigenvalue weighted by Gasteiger charge is 2.40. The molecular weight excluding hydrogens is 606 g/mol. The third-order valence-corrected chi connectivity index (χ3v) is 9.34. The van der Waals surface area contributed by atoms with E-state index in [0.717, 1.165) is 10.1 Å². The number of carbonyl (C=O) groups excluding carboxylic acids is 1. The van der Waals surface area contributed by atoms with E-state index in [0.29, 0.717) is 19.6 Å². The summed E-state index contributed by atoms with van der Waals surface area (Å²) in [7, 11) is 0. The average Bonchev–Trinajstić information content (AvgIpc) is 3.15. The number of rotatable bonds is 7. The van der Waals surface area contributed by atoms with Crippen molar-refractivity contribution in [3.05, 3.63) is 66.1 Å². The van der Waals surface area contributed by atoms with Crippen molar-refractivity contribution in [2.45, 2.75) is 103 Å². The van der Waals surface area contributed by atoms with Crippen LogP contribution in [0.1, 0.15) is 77.5 Å². The Kier molecular flexibility index (Phi) is 8.51. The normalized spacial score (nSPS) is 17.2. The highest BCUT2D eigenvalue weighted by molar-refractivity contribution is 9.11. The van der Waals surface area contributed by atoms with Gasteiger partial charge in [0, 0.05) is 12.8 Å². The van der Waals surface area contributed by atoms with Crippen molar-refractivity contribution >= 4 is 43.5 Å². The van der Waals surface area contributed by atoms with Gasteiger partial charge in [-0.3, -0.25) is 9.36 Å². The summed E-state index contributed by atoms with van der Waals surface area (Å²) in [6.45, 7) is 9.92. The number of aromatic nitrogens is 2. The summed E-state index contributed by atoms with van der Waals surface area (Å²) < 4.78 is 42.8. The largest absolute Gasteiger partial charge is 0.458 e. The molecule has 218 valence electrons. The zero-order valence-electron chi connectivity index (χ0n) is 23.6. The van der Waals surface area contributed by atoms with Crippen LogP contribution in [0.25, 0.3) is 10.2 Å². The van der Waals surface area contributed by atoms with Gasteiger partial charge in [0.25, 0.3) is 5.56 Å². The van der Waals surface area contributed by atoms with E-state index in [4.69, 9.17) is 9.47 Å². The molecule has 1 fully saturated rings. The highest BCUT2D eigenvalue weighted by Crippen LogP contribution is 2.38. The minimum atomic E-state index is -2.70. The fraction of sp³-hybridized carbons (Fsp3) is 0.552. The van der Waals surface area contributed by atoms with Crippen LogP contribution in [0.15, 0.2) is 43.7 Å². The Hall–Kier alpha value is -2.37. The monoisotopic (exact) mass is 640 g/mol. The molecule has 2 heterocycles. The summed E-state index contributed by atoms with van der Waals surface area (Å²) in [6, 6.07) is 9.27. The fourth-order valence-electron chi connectivity index (χ4n) is 4.91. The summed E-state index contributed by atoms with van der Waals surface area (Å²) in [4.78, 5) is 41.7. The van der Waals surface area contributed by atoms with Crippen LogP contribution in [0.4, 0.5) is 8.78 Å². The third-order valence-electron chi connectivity index (χ3n) is 7.15. The Morgan fingerprint density at radius 1 is 1.12 bits per heavy atom. The maximum atomic E-state index is 14.1. The van der Waals surface area contributed by atoms with E-state index < -0.39 is 46.5 Å². The van der Waals surface area contributed by atoms with Gasteiger partial charge in [0.1, 0.15) is 22.1 Å². The number of hydrogen-bond donors (Lipinski definition) is 0. The lowest BCUT2D eigenvalue weighted by Crippen LogP contribution is -2.54. The SMILES string of the molecule is Cc1c(Br)sc2c1c(=O)n(C(C)(C)C(=O)OC(C)(C)C)c(=O)n2C[C@H](OC1CCC(F)(F)CC1)c1ccccc1. The van der Waals surface area contributed by atoms with Gasteiger partial charge in [-0.2, -0.15) is 0 Å². The third kappa shape index (κ3) is 6.26. The molecule has 1 aliphatic carbocycles. The first-order valence-corrected chi connectivity index (χ1v) is 14.9. The number of benzene rings is 1. The van der Waals surface area contributed by atoms with E-state index in [1.165, 1.54) is 29.8 Å². The Morgan fingerprint density at radius 3 is 2.30 bits per heavy atom. The summed E-state index contributed by atoms with van der Waals surface area (Å²) in [5, 5.41) is 0.317. The predicted octanol–water partition coefficient (Wildman–Crippen LogP) is 6.71. The molecule has 0 aliphatic heterocycles. The average molecular weight is 642 g/mol. The number of alkyl halides is 2. The molecule has 40 heavy (non-hydrogen) atoms. The molecule has 0 radical (unpaired) electrons. The van der Waals surface area contributed by atoms with Gasteiger partial charge in [0.05, 0.1) is 21.8 Å². The number of hydrogen-bond acceptors (Lipinski definition) is 6. The summed E-state index contributed by atoms with van der Waals surface area (Å²) in [5.41, 5.74) is -2.28. The highest BCUT2D eigenvalue weighted by atomic mass is 79.9. The van der Waals surface area contributed by atoms with E-state index >= 15 is 0 Å². The van der Waals surface area contributed by atoms with Crippen LogP contribution >= 0.6 is 27.3 Å². The maximum absolute atomic E-state index is 14.1. The zero-order valence-corrected chi connectivity index (χ0v) is 26.0. The molecule has 2 aromatic heterocycles. The molecular formula is C29H35BrF2N2O5S. The molecule has 1 atom stereocenters. The van der Waals surface area contributed by atoms with Crippen molar-refractivity contribution < 1.29 is 23.0 Å². The molecule has 0 N–H and O–H groups in total. The minimum absolute atomic E-state index is 0.0172. The lowest BCUT2D eigenvalue weighted by atomic mass is 9.94. The number of fused-ring (bicyclic) bond motifs is 1. The molecule has 1 aromatic carbocycles. The first-order chi connectivity index (χ1) is 18.5. The van der Waals surface area contributed by atoms with Gasteiger partial charge in [-0.05, 0) is 81.4 Å².